The predicted molar refractivity (Wildman–Crippen MR) is 65.8 cm³/mol. The molecular formula is C14H20O3. The first-order chi connectivity index (χ1) is 8.31. The van der Waals surface area contributed by atoms with Crippen LogP contribution in [0.25, 0.3) is 0 Å². The second-order valence-corrected chi connectivity index (χ2v) is 4.55. The Labute approximate surface area is 103 Å². The lowest BCUT2D eigenvalue weighted by Crippen LogP contribution is -2.29. The summed E-state index contributed by atoms with van der Waals surface area (Å²) >= 11 is 0. The maximum Gasteiger partial charge on any atom is 0.107 e. The summed E-state index contributed by atoms with van der Waals surface area (Å²) < 4.78 is 16.4. The zero-order valence-electron chi connectivity index (χ0n) is 10.5. The summed E-state index contributed by atoms with van der Waals surface area (Å²) in [6, 6.07) is 10.2. The summed E-state index contributed by atoms with van der Waals surface area (Å²) in [6.07, 6.45) is 0.432. The average molecular weight is 236 g/mol. The third-order valence-electron chi connectivity index (χ3n) is 3.05. The topological polar surface area (TPSA) is 31.0 Å². The SMILES string of the molecule is CO[C@H]([C@@H](C)COCc1ccccc1)[C@H]1CO1. The van der Waals surface area contributed by atoms with Crippen LogP contribution in [-0.4, -0.2) is 32.5 Å². The second kappa shape index (κ2) is 6.15. The quantitative estimate of drug-likeness (QED) is 0.680. The fourth-order valence-electron chi connectivity index (χ4n) is 2.03. The normalized spacial score (nSPS) is 22.1. The summed E-state index contributed by atoms with van der Waals surface area (Å²) in [5.74, 6) is 0.358. The van der Waals surface area contributed by atoms with Crippen LogP contribution in [0.2, 0.25) is 0 Å². The fourth-order valence-corrected chi connectivity index (χ4v) is 2.03. The zero-order chi connectivity index (χ0) is 12.1. The highest BCUT2D eigenvalue weighted by Crippen LogP contribution is 2.23. The summed E-state index contributed by atoms with van der Waals surface area (Å²) in [4.78, 5) is 0. The van der Waals surface area contributed by atoms with Crippen molar-refractivity contribution >= 4 is 0 Å². The van der Waals surface area contributed by atoms with Gasteiger partial charge in [0.25, 0.3) is 0 Å². The highest BCUT2D eigenvalue weighted by Gasteiger charge is 2.36. The van der Waals surface area contributed by atoms with Gasteiger partial charge in [-0.15, -0.1) is 0 Å². The Kier molecular flexibility index (Phi) is 4.54. The molecule has 0 N–H and O–H groups in total. The molecule has 94 valence electrons. The molecule has 1 aliphatic heterocycles. The van der Waals surface area contributed by atoms with Crippen molar-refractivity contribution in [3.8, 4) is 0 Å². The van der Waals surface area contributed by atoms with Crippen LogP contribution in [0.5, 0.6) is 0 Å². The molecule has 0 bridgehead atoms. The number of ether oxygens (including phenoxy) is 3. The maximum absolute atomic E-state index is 5.71. The first-order valence-electron chi connectivity index (χ1n) is 6.07. The molecule has 0 amide bonds. The first-order valence-corrected chi connectivity index (χ1v) is 6.07. The van der Waals surface area contributed by atoms with E-state index in [2.05, 4.69) is 19.1 Å². The van der Waals surface area contributed by atoms with Gasteiger partial charge in [-0.2, -0.15) is 0 Å². The molecule has 1 aliphatic rings. The van der Waals surface area contributed by atoms with Crippen molar-refractivity contribution in [3.63, 3.8) is 0 Å². The Balaban J connectivity index is 1.70. The van der Waals surface area contributed by atoms with E-state index in [1.54, 1.807) is 7.11 Å². The van der Waals surface area contributed by atoms with Gasteiger partial charge in [0, 0.05) is 13.0 Å². The molecule has 0 spiro atoms. The van der Waals surface area contributed by atoms with Gasteiger partial charge in [-0.1, -0.05) is 37.3 Å². The van der Waals surface area contributed by atoms with Gasteiger partial charge in [-0.25, -0.2) is 0 Å². The molecule has 1 heterocycles. The lowest BCUT2D eigenvalue weighted by molar-refractivity contribution is -0.00946. The molecule has 0 radical (unpaired) electrons. The highest BCUT2D eigenvalue weighted by molar-refractivity contribution is 5.13. The Morgan fingerprint density at radius 3 is 2.65 bits per heavy atom. The highest BCUT2D eigenvalue weighted by atomic mass is 16.6. The van der Waals surface area contributed by atoms with Crippen LogP contribution in [0.15, 0.2) is 30.3 Å². The van der Waals surface area contributed by atoms with Crippen molar-refractivity contribution in [2.24, 2.45) is 5.92 Å². The summed E-state index contributed by atoms with van der Waals surface area (Å²) in [5.41, 5.74) is 1.20. The molecule has 17 heavy (non-hydrogen) atoms. The zero-order valence-corrected chi connectivity index (χ0v) is 10.5. The Bertz CT molecular complexity index is 321. The minimum Gasteiger partial charge on any atom is -0.378 e. The van der Waals surface area contributed by atoms with Crippen LogP contribution >= 0.6 is 0 Å². The average Bonchev–Trinajstić information content (AvgIpc) is 3.16. The standard InChI is InChI=1S/C14H20O3/c1-11(14(15-2)13-10-17-13)8-16-9-12-6-4-3-5-7-12/h3-7,11,13-14H,8-10H2,1-2H3/t11-,13+,14+/m0/s1. The van der Waals surface area contributed by atoms with E-state index in [1.165, 1.54) is 5.56 Å². The number of epoxide rings is 1. The van der Waals surface area contributed by atoms with Crippen molar-refractivity contribution in [1.82, 2.24) is 0 Å². The van der Waals surface area contributed by atoms with Gasteiger partial charge in [0.05, 0.1) is 25.9 Å². The third-order valence-corrected chi connectivity index (χ3v) is 3.05. The van der Waals surface area contributed by atoms with Crippen molar-refractivity contribution < 1.29 is 14.2 Å². The molecule has 0 aliphatic carbocycles. The molecular weight excluding hydrogens is 216 g/mol. The Morgan fingerprint density at radius 2 is 2.06 bits per heavy atom. The van der Waals surface area contributed by atoms with Gasteiger partial charge >= 0.3 is 0 Å². The van der Waals surface area contributed by atoms with Crippen molar-refractivity contribution in [2.75, 3.05) is 20.3 Å². The number of hydrogen-bond acceptors (Lipinski definition) is 3. The van der Waals surface area contributed by atoms with Gasteiger partial charge < -0.3 is 14.2 Å². The van der Waals surface area contributed by atoms with E-state index in [-0.39, 0.29) is 12.2 Å². The Hall–Kier alpha value is -0.900. The van der Waals surface area contributed by atoms with E-state index in [9.17, 15) is 0 Å². The molecule has 1 saturated heterocycles. The lowest BCUT2D eigenvalue weighted by Gasteiger charge is -2.20. The van der Waals surface area contributed by atoms with Gasteiger partial charge in [-0.3, -0.25) is 0 Å². The van der Waals surface area contributed by atoms with Crippen LogP contribution in [-0.2, 0) is 20.8 Å². The van der Waals surface area contributed by atoms with E-state index in [4.69, 9.17) is 14.2 Å². The lowest BCUT2D eigenvalue weighted by atomic mass is 10.0. The van der Waals surface area contributed by atoms with Crippen LogP contribution in [0.4, 0.5) is 0 Å². The Morgan fingerprint density at radius 1 is 1.35 bits per heavy atom. The molecule has 1 aromatic carbocycles. The monoisotopic (exact) mass is 236 g/mol. The predicted octanol–water partition coefficient (Wildman–Crippen LogP) is 2.25. The molecule has 0 unspecified atom stereocenters. The van der Waals surface area contributed by atoms with Crippen molar-refractivity contribution in [2.45, 2.75) is 25.7 Å². The van der Waals surface area contributed by atoms with Gasteiger partial charge in [-0.05, 0) is 5.56 Å². The van der Waals surface area contributed by atoms with E-state index < -0.39 is 0 Å². The molecule has 2 rings (SSSR count). The van der Waals surface area contributed by atoms with E-state index in [0.717, 1.165) is 6.61 Å². The third kappa shape index (κ3) is 3.80. The number of rotatable bonds is 7. The van der Waals surface area contributed by atoms with Crippen LogP contribution in [0, 0.1) is 5.92 Å². The van der Waals surface area contributed by atoms with Gasteiger partial charge in [0.1, 0.15) is 6.10 Å². The maximum atomic E-state index is 5.71. The van der Waals surface area contributed by atoms with Crippen molar-refractivity contribution in [1.29, 1.82) is 0 Å². The molecule has 1 aromatic rings. The molecule has 0 aromatic heterocycles. The summed E-state index contributed by atoms with van der Waals surface area (Å²) in [5, 5.41) is 0. The van der Waals surface area contributed by atoms with E-state index in [1.807, 2.05) is 18.2 Å². The van der Waals surface area contributed by atoms with Gasteiger partial charge in [0.15, 0.2) is 0 Å². The molecule has 3 atom stereocenters. The largest absolute Gasteiger partial charge is 0.378 e. The van der Waals surface area contributed by atoms with Crippen LogP contribution < -0.4 is 0 Å². The minimum absolute atomic E-state index is 0.158. The number of methoxy groups -OCH3 is 1. The first kappa shape index (κ1) is 12.6. The summed E-state index contributed by atoms with van der Waals surface area (Å²) in [6.45, 7) is 4.32. The smallest absolute Gasteiger partial charge is 0.107 e. The van der Waals surface area contributed by atoms with Crippen molar-refractivity contribution in [3.05, 3.63) is 35.9 Å². The molecule has 0 saturated carbocycles. The second-order valence-electron chi connectivity index (χ2n) is 4.55. The molecule has 3 nitrogen and oxygen atoms in total. The van der Waals surface area contributed by atoms with Gasteiger partial charge in [0.2, 0.25) is 0 Å². The van der Waals surface area contributed by atoms with E-state index >= 15 is 0 Å². The number of hydrogen-bond donors (Lipinski definition) is 0. The summed E-state index contributed by atoms with van der Waals surface area (Å²) in [7, 11) is 1.74. The molecule has 1 fully saturated rings. The molecule has 3 heteroatoms. The number of benzene rings is 1. The van der Waals surface area contributed by atoms with E-state index in [0.29, 0.717) is 19.1 Å². The fraction of sp³-hybridized carbons (Fsp3) is 0.571. The minimum atomic E-state index is 0.158. The van der Waals surface area contributed by atoms with Crippen LogP contribution in [0.1, 0.15) is 12.5 Å². The van der Waals surface area contributed by atoms with Crippen LogP contribution in [0.3, 0.4) is 0 Å².